The Bertz CT molecular complexity index is 515. The number of rotatable bonds is 6. The molecule has 0 aliphatic heterocycles. The highest BCUT2D eigenvalue weighted by Crippen LogP contribution is 2.31. The fraction of sp³-hybridized carbons (Fsp3) is 0.385. The molecule has 1 unspecified atom stereocenters. The van der Waals surface area contributed by atoms with Crippen molar-refractivity contribution in [3.63, 3.8) is 0 Å². The fourth-order valence-corrected chi connectivity index (χ4v) is 3.11. The van der Waals surface area contributed by atoms with E-state index in [-0.39, 0.29) is 6.04 Å². The monoisotopic (exact) mass is 340 g/mol. The molecule has 0 aliphatic carbocycles. The first-order valence-electron chi connectivity index (χ1n) is 6.30. The molecule has 4 nitrogen and oxygen atoms in total. The molecule has 2 aromatic rings. The normalized spacial score (nSPS) is 12.2. The number of anilines is 2. The minimum atomic E-state index is 0.278. The largest absolute Gasteiger partial charge is 0.369 e. The van der Waals surface area contributed by atoms with Gasteiger partial charge in [-0.3, -0.25) is 0 Å². The summed E-state index contributed by atoms with van der Waals surface area (Å²) in [6.45, 7) is 5.04. The number of halogens is 1. The lowest BCUT2D eigenvalue weighted by Gasteiger charge is -2.18. The molecule has 102 valence electrons. The fourth-order valence-electron chi connectivity index (χ4n) is 1.79. The quantitative estimate of drug-likeness (QED) is 0.823. The maximum absolute atomic E-state index is 4.31. The molecule has 0 fully saturated rings. The molecule has 2 rings (SSSR count). The summed E-state index contributed by atoms with van der Waals surface area (Å²) in [7, 11) is 0. The summed E-state index contributed by atoms with van der Waals surface area (Å²) >= 11 is 5.31. The molecule has 0 radical (unpaired) electrons. The van der Waals surface area contributed by atoms with Gasteiger partial charge in [0.05, 0.1) is 6.04 Å². The Labute approximate surface area is 125 Å². The van der Waals surface area contributed by atoms with E-state index in [4.69, 9.17) is 0 Å². The molecule has 0 aromatic carbocycles. The van der Waals surface area contributed by atoms with E-state index in [1.165, 1.54) is 4.88 Å². The van der Waals surface area contributed by atoms with Crippen molar-refractivity contribution in [1.29, 1.82) is 0 Å². The van der Waals surface area contributed by atoms with Gasteiger partial charge >= 0.3 is 0 Å². The topological polar surface area (TPSA) is 49.8 Å². The first-order valence-corrected chi connectivity index (χ1v) is 7.97. The Morgan fingerprint density at radius 2 is 2.11 bits per heavy atom. The number of aromatic nitrogens is 2. The van der Waals surface area contributed by atoms with Crippen LogP contribution in [-0.4, -0.2) is 16.5 Å². The summed E-state index contributed by atoms with van der Waals surface area (Å²) in [6, 6.07) is 4.50. The van der Waals surface area contributed by atoms with Crippen LogP contribution in [0.25, 0.3) is 0 Å². The Morgan fingerprint density at radius 3 is 2.74 bits per heavy atom. The summed E-state index contributed by atoms with van der Waals surface area (Å²) in [4.78, 5) is 9.85. The molecule has 0 aliphatic rings. The van der Waals surface area contributed by atoms with Crippen LogP contribution in [0, 0.1) is 0 Å². The predicted molar refractivity (Wildman–Crippen MR) is 84.9 cm³/mol. The lowest BCUT2D eigenvalue weighted by molar-refractivity contribution is 0.757. The Balaban J connectivity index is 2.20. The van der Waals surface area contributed by atoms with E-state index >= 15 is 0 Å². The summed E-state index contributed by atoms with van der Waals surface area (Å²) in [5.74, 6) is 1.65. The van der Waals surface area contributed by atoms with Crippen molar-refractivity contribution in [3.8, 4) is 0 Å². The Morgan fingerprint density at radius 1 is 1.32 bits per heavy atom. The SMILES string of the molecule is CCNc1ncnc(NC(CC)c2cccs2)c1Br. The molecular formula is C13H17BrN4S. The average Bonchev–Trinajstić information content (AvgIpc) is 2.94. The van der Waals surface area contributed by atoms with Gasteiger partial charge in [0.15, 0.2) is 0 Å². The summed E-state index contributed by atoms with van der Waals surface area (Å²) in [5, 5.41) is 8.77. The van der Waals surface area contributed by atoms with Gasteiger partial charge in [0.1, 0.15) is 22.4 Å². The minimum Gasteiger partial charge on any atom is -0.369 e. The van der Waals surface area contributed by atoms with E-state index in [0.29, 0.717) is 0 Å². The average molecular weight is 341 g/mol. The van der Waals surface area contributed by atoms with Gasteiger partial charge in [-0.1, -0.05) is 13.0 Å². The summed E-state index contributed by atoms with van der Waals surface area (Å²) in [5.41, 5.74) is 0. The molecule has 0 saturated heterocycles. The highest BCUT2D eigenvalue weighted by molar-refractivity contribution is 9.10. The van der Waals surface area contributed by atoms with E-state index < -0.39 is 0 Å². The molecule has 19 heavy (non-hydrogen) atoms. The number of nitrogens with zero attached hydrogens (tertiary/aromatic N) is 2. The van der Waals surface area contributed by atoms with Crippen LogP contribution in [0.2, 0.25) is 0 Å². The van der Waals surface area contributed by atoms with Crippen LogP contribution >= 0.6 is 27.3 Å². The summed E-state index contributed by atoms with van der Waals surface area (Å²) < 4.78 is 0.881. The van der Waals surface area contributed by atoms with E-state index in [9.17, 15) is 0 Å². The van der Waals surface area contributed by atoms with Gasteiger partial charge in [-0.15, -0.1) is 11.3 Å². The highest BCUT2D eigenvalue weighted by Gasteiger charge is 2.14. The predicted octanol–water partition coefficient (Wildman–Crippen LogP) is 4.30. The van der Waals surface area contributed by atoms with Gasteiger partial charge in [0.25, 0.3) is 0 Å². The van der Waals surface area contributed by atoms with E-state index in [2.05, 4.69) is 61.0 Å². The van der Waals surface area contributed by atoms with Crippen LogP contribution in [0.15, 0.2) is 28.3 Å². The van der Waals surface area contributed by atoms with E-state index in [1.54, 1.807) is 17.7 Å². The third-order valence-corrected chi connectivity index (χ3v) is 4.48. The molecule has 2 heterocycles. The van der Waals surface area contributed by atoms with Gasteiger partial charge in [-0.25, -0.2) is 9.97 Å². The van der Waals surface area contributed by atoms with Gasteiger partial charge < -0.3 is 10.6 Å². The van der Waals surface area contributed by atoms with Crippen LogP contribution in [0.4, 0.5) is 11.6 Å². The lowest BCUT2D eigenvalue weighted by Crippen LogP contribution is -2.11. The van der Waals surface area contributed by atoms with Crippen LogP contribution in [0.5, 0.6) is 0 Å². The minimum absolute atomic E-state index is 0.278. The summed E-state index contributed by atoms with van der Waals surface area (Å²) in [6.07, 6.45) is 2.58. The third kappa shape index (κ3) is 3.45. The van der Waals surface area contributed by atoms with Crippen molar-refractivity contribution in [1.82, 2.24) is 9.97 Å². The molecule has 2 N–H and O–H groups in total. The number of hydrogen-bond acceptors (Lipinski definition) is 5. The lowest BCUT2D eigenvalue weighted by atomic mass is 10.2. The molecule has 0 spiro atoms. The van der Waals surface area contributed by atoms with Gasteiger partial charge in [-0.05, 0) is 40.7 Å². The number of hydrogen-bond donors (Lipinski definition) is 2. The second-order valence-electron chi connectivity index (χ2n) is 4.04. The number of nitrogens with one attached hydrogen (secondary N) is 2. The molecular weight excluding hydrogens is 324 g/mol. The second kappa shape index (κ2) is 6.86. The molecule has 0 amide bonds. The van der Waals surface area contributed by atoms with Crippen molar-refractivity contribution in [2.45, 2.75) is 26.3 Å². The molecule has 0 saturated carbocycles. The zero-order chi connectivity index (χ0) is 13.7. The van der Waals surface area contributed by atoms with E-state index in [1.807, 2.05) is 6.92 Å². The maximum Gasteiger partial charge on any atom is 0.146 e. The van der Waals surface area contributed by atoms with Crippen molar-refractivity contribution >= 4 is 38.9 Å². The van der Waals surface area contributed by atoms with Crippen LogP contribution in [-0.2, 0) is 0 Å². The molecule has 1 atom stereocenters. The van der Waals surface area contributed by atoms with Gasteiger partial charge in [0.2, 0.25) is 0 Å². The van der Waals surface area contributed by atoms with Crippen molar-refractivity contribution in [3.05, 3.63) is 33.2 Å². The molecule has 0 bridgehead atoms. The smallest absolute Gasteiger partial charge is 0.146 e. The first kappa shape index (κ1) is 14.3. The van der Waals surface area contributed by atoms with Crippen LogP contribution in [0.3, 0.4) is 0 Å². The highest BCUT2D eigenvalue weighted by atomic mass is 79.9. The van der Waals surface area contributed by atoms with E-state index in [0.717, 1.165) is 29.1 Å². The van der Waals surface area contributed by atoms with Crippen molar-refractivity contribution in [2.24, 2.45) is 0 Å². The van der Waals surface area contributed by atoms with Gasteiger partial charge in [0, 0.05) is 11.4 Å². The molecule has 2 aromatic heterocycles. The zero-order valence-corrected chi connectivity index (χ0v) is 13.4. The van der Waals surface area contributed by atoms with Crippen LogP contribution in [0.1, 0.15) is 31.2 Å². The standard InChI is InChI=1S/C13H17BrN4S/c1-3-9(10-6-5-7-19-10)18-13-11(14)12(15-4-2)16-8-17-13/h5-9H,3-4H2,1-2H3,(H2,15,16,17,18). The van der Waals surface area contributed by atoms with Gasteiger partial charge in [-0.2, -0.15) is 0 Å². The Hall–Kier alpha value is -1.14. The van der Waals surface area contributed by atoms with Crippen molar-refractivity contribution < 1.29 is 0 Å². The number of thiophene rings is 1. The van der Waals surface area contributed by atoms with Crippen molar-refractivity contribution in [2.75, 3.05) is 17.2 Å². The maximum atomic E-state index is 4.31. The third-order valence-electron chi connectivity index (χ3n) is 2.74. The second-order valence-corrected chi connectivity index (χ2v) is 5.81. The van der Waals surface area contributed by atoms with Crippen LogP contribution < -0.4 is 10.6 Å². The Kier molecular flexibility index (Phi) is 5.15. The molecule has 6 heteroatoms. The first-order chi connectivity index (χ1) is 9.26. The zero-order valence-electron chi connectivity index (χ0n) is 11.0.